The predicted molar refractivity (Wildman–Crippen MR) is 70.6 cm³/mol. The molecule has 1 heterocycles. The van der Waals surface area contributed by atoms with Crippen LogP contribution in [0.15, 0.2) is 12.3 Å². The van der Waals surface area contributed by atoms with Gasteiger partial charge in [0.25, 0.3) is 5.91 Å². The maximum atomic E-state index is 12.1. The topological polar surface area (TPSA) is 79.3 Å². The molecular weight excluding hydrogens is 291 g/mol. The van der Waals surface area contributed by atoms with Crippen molar-refractivity contribution in [1.29, 1.82) is 0 Å². The summed E-state index contributed by atoms with van der Waals surface area (Å²) in [5.41, 5.74) is -1.06. The van der Waals surface area contributed by atoms with Gasteiger partial charge >= 0.3 is 5.97 Å². The van der Waals surface area contributed by atoms with Crippen LogP contribution in [0.1, 0.15) is 36.0 Å². The van der Waals surface area contributed by atoms with Crippen molar-refractivity contribution < 1.29 is 14.7 Å². The van der Waals surface area contributed by atoms with Crippen molar-refractivity contribution in [3.63, 3.8) is 0 Å². The highest BCUT2D eigenvalue weighted by molar-refractivity contribution is 6.35. The van der Waals surface area contributed by atoms with E-state index in [0.29, 0.717) is 12.8 Å². The summed E-state index contributed by atoms with van der Waals surface area (Å²) in [4.78, 5) is 27.2. The smallest absolute Gasteiger partial charge is 0.329 e. The van der Waals surface area contributed by atoms with E-state index in [1.807, 2.05) is 0 Å². The first kappa shape index (κ1) is 14.1. The van der Waals surface area contributed by atoms with Gasteiger partial charge in [0.1, 0.15) is 10.7 Å². The van der Waals surface area contributed by atoms with Gasteiger partial charge in [-0.1, -0.05) is 36.0 Å². The van der Waals surface area contributed by atoms with Gasteiger partial charge in [0.15, 0.2) is 0 Å². The quantitative estimate of drug-likeness (QED) is 0.841. The third-order valence-electron chi connectivity index (χ3n) is 3.29. The lowest BCUT2D eigenvalue weighted by Gasteiger charge is -2.25. The third kappa shape index (κ3) is 2.82. The standard InChI is InChI=1S/C12H12Cl2N2O3/c13-8-6-15-9(14)5-7(8)10(17)16-12(11(18)19)3-1-2-4-12/h5-6H,1-4H2,(H,16,17)(H,18,19). The summed E-state index contributed by atoms with van der Waals surface area (Å²) in [6.45, 7) is 0. The summed E-state index contributed by atoms with van der Waals surface area (Å²) in [5.74, 6) is -1.56. The molecule has 2 rings (SSSR count). The molecule has 0 bridgehead atoms. The molecule has 1 aliphatic carbocycles. The highest BCUT2D eigenvalue weighted by Gasteiger charge is 2.42. The molecule has 0 aliphatic heterocycles. The lowest BCUT2D eigenvalue weighted by atomic mass is 9.97. The molecule has 0 unspecified atom stereocenters. The van der Waals surface area contributed by atoms with Crippen LogP contribution in [0.5, 0.6) is 0 Å². The molecule has 5 nitrogen and oxygen atoms in total. The Bertz CT molecular complexity index is 528. The van der Waals surface area contributed by atoms with Crippen molar-refractivity contribution in [2.24, 2.45) is 0 Å². The van der Waals surface area contributed by atoms with E-state index in [1.54, 1.807) is 0 Å². The molecule has 19 heavy (non-hydrogen) atoms. The molecule has 1 fully saturated rings. The Kier molecular flexibility index (Phi) is 3.96. The molecule has 0 saturated heterocycles. The number of pyridine rings is 1. The van der Waals surface area contributed by atoms with Crippen LogP contribution in [0.3, 0.4) is 0 Å². The van der Waals surface area contributed by atoms with Gasteiger partial charge in [0.05, 0.1) is 10.6 Å². The molecule has 0 atom stereocenters. The average Bonchev–Trinajstić information content (AvgIpc) is 2.82. The molecule has 2 N–H and O–H groups in total. The minimum absolute atomic E-state index is 0.130. The fourth-order valence-electron chi connectivity index (χ4n) is 2.24. The van der Waals surface area contributed by atoms with Gasteiger partial charge in [-0.05, 0) is 18.9 Å². The van der Waals surface area contributed by atoms with Crippen molar-refractivity contribution >= 4 is 35.1 Å². The first-order valence-electron chi connectivity index (χ1n) is 5.81. The molecular formula is C12H12Cl2N2O3. The van der Waals surface area contributed by atoms with Gasteiger partial charge in [-0.3, -0.25) is 4.79 Å². The molecule has 0 radical (unpaired) electrons. The zero-order valence-electron chi connectivity index (χ0n) is 9.95. The number of rotatable bonds is 3. The number of carboxylic acids is 1. The maximum absolute atomic E-state index is 12.1. The highest BCUT2D eigenvalue weighted by Crippen LogP contribution is 2.30. The minimum Gasteiger partial charge on any atom is -0.480 e. The largest absolute Gasteiger partial charge is 0.480 e. The highest BCUT2D eigenvalue weighted by atomic mass is 35.5. The summed E-state index contributed by atoms with van der Waals surface area (Å²) in [6.07, 6.45) is 3.66. The number of amides is 1. The lowest BCUT2D eigenvalue weighted by molar-refractivity contribution is -0.144. The SMILES string of the molecule is O=C(NC1(C(=O)O)CCCC1)c1cc(Cl)ncc1Cl. The van der Waals surface area contributed by atoms with Gasteiger partial charge in [0, 0.05) is 6.20 Å². The number of aromatic nitrogens is 1. The molecule has 0 aromatic carbocycles. The van der Waals surface area contributed by atoms with E-state index < -0.39 is 17.4 Å². The molecule has 7 heteroatoms. The van der Waals surface area contributed by atoms with Gasteiger partial charge < -0.3 is 10.4 Å². The van der Waals surface area contributed by atoms with Crippen molar-refractivity contribution in [3.05, 3.63) is 28.0 Å². The zero-order valence-corrected chi connectivity index (χ0v) is 11.5. The van der Waals surface area contributed by atoms with Crippen molar-refractivity contribution in [3.8, 4) is 0 Å². The number of nitrogens with zero attached hydrogens (tertiary/aromatic N) is 1. The van der Waals surface area contributed by atoms with E-state index >= 15 is 0 Å². The second kappa shape index (κ2) is 5.35. The third-order valence-corrected chi connectivity index (χ3v) is 3.79. The van der Waals surface area contributed by atoms with E-state index in [0.717, 1.165) is 12.8 Å². The number of hydrogen-bond acceptors (Lipinski definition) is 3. The summed E-state index contributed by atoms with van der Waals surface area (Å²) >= 11 is 11.6. The summed E-state index contributed by atoms with van der Waals surface area (Å²) < 4.78 is 0. The number of carbonyl (C=O) groups excluding carboxylic acids is 1. The second-order valence-electron chi connectivity index (χ2n) is 4.54. The van der Waals surface area contributed by atoms with E-state index in [1.165, 1.54) is 12.3 Å². The first-order valence-corrected chi connectivity index (χ1v) is 6.57. The Hall–Kier alpha value is -1.33. The lowest BCUT2D eigenvalue weighted by Crippen LogP contribution is -2.52. The van der Waals surface area contributed by atoms with Crippen LogP contribution in [0, 0.1) is 0 Å². The Morgan fingerprint density at radius 3 is 2.53 bits per heavy atom. The molecule has 1 amide bonds. The Morgan fingerprint density at radius 2 is 1.95 bits per heavy atom. The predicted octanol–water partition coefficient (Wildman–Crippen LogP) is 2.52. The number of halogens is 2. The molecule has 1 aromatic heterocycles. The Morgan fingerprint density at radius 1 is 1.32 bits per heavy atom. The van der Waals surface area contributed by atoms with E-state index in [9.17, 15) is 14.7 Å². The van der Waals surface area contributed by atoms with Crippen LogP contribution in [0.2, 0.25) is 10.2 Å². The molecule has 0 spiro atoms. The van der Waals surface area contributed by atoms with Crippen molar-refractivity contribution in [1.82, 2.24) is 10.3 Å². The average molecular weight is 303 g/mol. The van der Waals surface area contributed by atoms with Crippen molar-refractivity contribution in [2.45, 2.75) is 31.2 Å². The second-order valence-corrected chi connectivity index (χ2v) is 5.33. The first-order chi connectivity index (χ1) is 8.94. The maximum Gasteiger partial charge on any atom is 0.329 e. The van der Waals surface area contributed by atoms with Crippen LogP contribution in [0.25, 0.3) is 0 Å². The number of aliphatic carboxylic acids is 1. The van der Waals surface area contributed by atoms with Crippen LogP contribution in [0.4, 0.5) is 0 Å². The zero-order chi connectivity index (χ0) is 14.0. The number of carboxylic acid groups (broad SMARTS) is 1. The molecule has 1 aromatic rings. The van der Waals surface area contributed by atoms with Gasteiger partial charge in [-0.25, -0.2) is 9.78 Å². The summed E-state index contributed by atoms with van der Waals surface area (Å²) in [7, 11) is 0. The number of hydrogen-bond donors (Lipinski definition) is 2. The van der Waals surface area contributed by atoms with Crippen LogP contribution in [-0.4, -0.2) is 27.5 Å². The van der Waals surface area contributed by atoms with Gasteiger partial charge in [0.2, 0.25) is 0 Å². The van der Waals surface area contributed by atoms with Crippen LogP contribution in [-0.2, 0) is 4.79 Å². The van der Waals surface area contributed by atoms with E-state index in [4.69, 9.17) is 23.2 Å². The monoisotopic (exact) mass is 302 g/mol. The molecule has 1 aliphatic rings. The van der Waals surface area contributed by atoms with E-state index in [2.05, 4.69) is 10.3 Å². The molecule has 1 saturated carbocycles. The van der Waals surface area contributed by atoms with Gasteiger partial charge in [-0.15, -0.1) is 0 Å². The van der Waals surface area contributed by atoms with Gasteiger partial charge in [-0.2, -0.15) is 0 Å². The van der Waals surface area contributed by atoms with Crippen molar-refractivity contribution in [2.75, 3.05) is 0 Å². The summed E-state index contributed by atoms with van der Waals surface area (Å²) in [5, 5.41) is 12.1. The fraction of sp³-hybridized carbons (Fsp3) is 0.417. The van der Waals surface area contributed by atoms with Crippen LogP contribution < -0.4 is 5.32 Å². The Balaban J connectivity index is 2.25. The van der Waals surface area contributed by atoms with Crippen LogP contribution >= 0.6 is 23.2 Å². The molecule has 102 valence electrons. The Labute approximate surface area is 119 Å². The minimum atomic E-state index is -1.20. The van der Waals surface area contributed by atoms with E-state index in [-0.39, 0.29) is 15.7 Å². The number of carbonyl (C=O) groups is 2. The number of nitrogens with one attached hydrogen (secondary N) is 1. The normalized spacial score (nSPS) is 17.2. The fourth-order valence-corrected chi connectivity index (χ4v) is 2.59. The summed E-state index contributed by atoms with van der Waals surface area (Å²) in [6, 6.07) is 1.32.